The van der Waals surface area contributed by atoms with Crippen LogP contribution in [0.5, 0.6) is 0 Å². The number of rotatable bonds is 7. The first kappa shape index (κ1) is 11.0. The third kappa shape index (κ3) is 5.79. The van der Waals surface area contributed by atoms with Gasteiger partial charge in [-0.25, -0.2) is 0 Å². The summed E-state index contributed by atoms with van der Waals surface area (Å²) in [6.45, 7) is 3.15. The van der Waals surface area contributed by atoms with Crippen molar-refractivity contribution < 1.29 is 9.57 Å². The van der Waals surface area contributed by atoms with Crippen molar-refractivity contribution in [3.8, 4) is 0 Å². The fourth-order valence-corrected chi connectivity index (χ4v) is 0.671. The predicted molar refractivity (Wildman–Crippen MR) is 44.2 cm³/mol. The SMILES string of the molecule is CCC(CN)OCCON=[N+]=[N-]. The molecular formula is C6H14N4O2. The van der Waals surface area contributed by atoms with Crippen LogP contribution in [0.3, 0.4) is 0 Å². The first-order valence-electron chi connectivity index (χ1n) is 3.83. The Morgan fingerprint density at radius 1 is 1.58 bits per heavy atom. The van der Waals surface area contributed by atoms with Crippen LogP contribution in [-0.4, -0.2) is 25.9 Å². The summed E-state index contributed by atoms with van der Waals surface area (Å²) in [5, 5.41) is 2.89. The Hall–Kier alpha value is -0.970. The molecule has 0 radical (unpaired) electrons. The molecule has 0 aromatic heterocycles. The van der Waals surface area contributed by atoms with E-state index >= 15 is 0 Å². The standard InChI is InChI=1S/C6H14N4O2/c1-2-6(5-7)11-3-4-12-10-9-8/h6H,2-5,7H2,1H3. The lowest BCUT2D eigenvalue weighted by Gasteiger charge is -2.12. The van der Waals surface area contributed by atoms with E-state index in [0.717, 1.165) is 6.42 Å². The molecule has 0 aliphatic carbocycles. The average molecular weight is 174 g/mol. The zero-order valence-corrected chi connectivity index (χ0v) is 7.14. The van der Waals surface area contributed by atoms with Crippen molar-refractivity contribution in [1.29, 1.82) is 0 Å². The Kier molecular flexibility index (Phi) is 7.47. The van der Waals surface area contributed by atoms with E-state index in [1.165, 1.54) is 0 Å². The molecule has 0 rings (SSSR count). The van der Waals surface area contributed by atoms with E-state index in [4.69, 9.17) is 16.0 Å². The molecule has 0 aliphatic heterocycles. The van der Waals surface area contributed by atoms with Crippen molar-refractivity contribution in [2.24, 2.45) is 11.0 Å². The Morgan fingerprint density at radius 3 is 2.83 bits per heavy atom. The van der Waals surface area contributed by atoms with Crippen LogP contribution in [0.4, 0.5) is 0 Å². The average Bonchev–Trinajstić information content (AvgIpc) is 2.11. The fraction of sp³-hybridized carbons (Fsp3) is 1.00. The maximum Gasteiger partial charge on any atom is 0.120 e. The van der Waals surface area contributed by atoms with E-state index in [9.17, 15) is 0 Å². The van der Waals surface area contributed by atoms with Crippen molar-refractivity contribution in [3.63, 3.8) is 0 Å². The minimum absolute atomic E-state index is 0.0691. The fourth-order valence-electron chi connectivity index (χ4n) is 0.671. The van der Waals surface area contributed by atoms with Crippen LogP contribution in [0, 0.1) is 0 Å². The first-order valence-corrected chi connectivity index (χ1v) is 3.83. The summed E-state index contributed by atoms with van der Waals surface area (Å²) >= 11 is 0. The molecule has 0 aromatic carbocycles. The van der Waals surface area contributed by atoms with Gasteiger partial charge in [0.2, 0.25) is 0 Å². The highest BCUT2D eigenvalue weighted by molar-refractivity contribution is 4.53. The van der Waals surface area contributed by atoms with Gasteiger partial charge < -0.3 is 15.3 Å². The maximum absolute atomic E-state index is 7.84. The van der Waals surface area contributed by atoms with Gasteiger partial charge in [0.05, 0.1) is 12.7 Å². The second-order valence-corrected chi connectivity index (χ2v) is 2.14. The molecule has 1 atom stereocenters. The Bertz CT molecular complexity index is 142. The van der Waals surface area contributed by atoms with E-state index in [0.29, 0.717) is 13.2 Å². The van der Waals surface area contributed by atoms with Gasteiger partial charge in [-0.15, -0.1) is 0 Å². The zero-order valence-electron chi connectivity index (χ0n) is 7.14. The summed E-state index contributed by atoms with van der Waals surface area (Å²) in [7, 11) is 0. The normalized spacial score (nSPS) is 11.8. The second kappa shape index (κ2) is 8.13. The topological polar surface area (TPSA) is 93.2 Å². The summed E-state index contributed by atoms with van der Waals surface area (Å²) in [6.07, 6.45) is 0.942. The van der Waals surface area contributed by atoms with Crippen molar-refractivity contribution in [2.45, 2.75) is 19.4 Å². The minimum atomic E-state index is 0.0691. The Balaban J connectivity index is 3.22. The van der Waals surface area contributed by atoms with Crippen molar-refractivity contribution in [1.82, 2.24) is 0 Å². The Morgan fingerprint density at radius 2 is 2.33 bits per heavy atom. The molecule has 70 valence electrons. The molecule has 0 amide bonds. The molecule has 12 heavy (non-hydrogen) atoms. The second-order valence-electron chi connectivity index (χ2n) is 2.14. The predicted octanol–water partition coefficient (Wildman–Crippen LogP) is 0.982. The van der Waals surface area contributed by atoms with Gasteiger partial charge in [-0.05, 0) is 12.0 Å². The van der Waals surface area contributed by atoms with E-state index in [1.54, 1.807) is 0 Å². The molecule has 0 saturated carbocycles. The zero-order chi connectivity index (χ0) is 9.23. The number of nitrogens with zero attached hydrogens (tertiary/aromatic N) is 3. The minimum Gasteiger partial charge on any atom is -0.431 e. The molecular weight excluding hydrogens is 160 g/mol. The molecule has 0 heterocycles. The van der Waals surface area contributed by atoms with Gasteiger partial charge in [-0.1, -0.05) is 6.92 Å². The molecule has 0 aromatic rings. The van der Waals surface area contributed by atoms with Crippen LogP contribution in [-0.2, 0) is 9.57 Å². The van der Waals surface area contributed by atoms with Crippen LogP contribution in [0.2, 0.25) is 0 Å². The van der Waals surface area contributed by atoms with Crippen LogP contribution in [0.25, 0.3) is 10.4 Å². The molecule has 6 heteroatoms. The van der Waals surface area contributed by atoms with Gasteiger partial charge in [-0.3, -0.25) is 0 Å². The molecule has 0 aliphatic rings. The largest absolute Gasteiger partial charge is 0.431 e. The summed E-state index contributed by atoms with van der Waals surface area (Å²) in [5.74, 6) is 0. The van der Waals surface area contributed by atoms with Crippen molar-refractivity contribution >= 4 is 0 Å². The lowest BCUT2D eigenvalue weighted by molar-refractivity contribution is 0.00717. The third-order valence-electron chi connectivity index (χ3n) is 1.34. The van der Waals surface area contributed by atoms with Crippen LogP contribution in [0.1, 0.15) is 13.3 Å². The molecule has 0 bridgehead atoms. The summed E-state index contributed by atoms with van der Waals surface area (Å²) in [6, 6.07) is 0. The quantitative estimate of drug-likeness (QED) is 0.205. The lowest BCUT2D eigenvalue weighted by Crippen LogP contribution is -2.24. The Labute approximate surface area is 71.2 Å². The van der Waals surface area contributed by atoms with Gasteiger partial charge in [0.1, 0.15) is 11.9 Å². The van der Waals surface area contributed by atoms with E-state index in [2.05, 4.69) is 15.0 Å². The third-order valence-corrected chi connectivity index (χ3v) is 1.34. The molecule has 0 fully saturated rings. The first-order chi connectivity index (χ1) is 5.85. The van der Waals surface area contributed by atoms with Gasteiger partial charge in [0.15, 0.2) is 0 Å². The van der Waals surface area contributed by atoms with Gasteiger partial charge >= 0.3 is 0 Å². The molecule has 0 spiro atoms. The van der Waals surface area contributed by atoms with Gasteiger partial charge in [0.25, 0.3) is 0 Å². The van der Waals surface area contributed by atoms with Crippen molar-refractivity contribution in [2.75, 3.05) is 19.8 Å². The van der Waals surface area contributed by atoms with E-state index in [-0.39, 0.29) is 12.7 Å². The highest BCUT2D eigenvalue weighted by atomic mass is 16.7. The highest BCUT2D eigenvalue weighted by Crippen LogP contribution is 1.94. The number of hydrogen-bond acceptors (Lipinski definition) is 4. The molecule has 2 N–H and O–H groups in total. The van der Waals surface area contributed by atoms with E-state index in [1.807, 2.05) is 6.92 Å². The highest BCUT2D eigenvalue weighted by Gasteiger charge is 2.01. The van der Waals surface area contributed by atoms with Crippen LogP contribution >= 0.6 is 0 Å². The number of ether oxygens (including phenoxy) is 1. The monoisotopic (exact) mass is 174 g/mol. The van der Waals surface area contributed by atoms with Gasteiger partial charge in [0, 0.05) is 11.5 Å². The number of azide groups is 1. The van der Waals surface area contributed by atoms with Crippen molar-refractivity contribution in [3.05, 3.63) is 10.4 Å². The number of hydrogen-bond donors (Lipinski definition) is 1. The molecule has 1 unspecified atom stereocenters. The lowest BCUT2D eigenvalue weighted by atomic mass is 10.3. The van der Waals surface area contributed by atoms with Crippen LogP contribution in [0.15, 0.2) is 5.28 Å². The summed E-state index contributed by atoms with van der Waals surface area (Å²) in [5.41, 5.74) is 13.2. The summed E-state index contributed by atoms with van der Waals surface area (Å²) < 4.78 is 5.25. The van der Waals surface area contributed by atoms with E-state index < -0.39 is 0 Å². The maximum atomic E-state index is 7.84. The summed E-state index contributed by atoms with van der Waals surface area (Å²) in [4.78, 5) is 6.88. The smallest absolute Gasteiger partial charge is 0.120 e. The van der Waals surface area contributed by atoms with Crippen LogP contribution < -0.4 is 5.73 Å². The molecule has 0 saturated heterocycles. The number of nitrogens with two attached hydrogens (primary N) is 1. The molecule has 6 nitrogen and oxygen atoms in total. The van der Waals surface area contributed by atoms with Gasteiger partial charge in [-0.2, -0.15) is 0 Å².